The lowest BCUT2D eigenvalue weighted by Gasteiger charge is -2.36. The molecular weight excluding hydrogens is 889 g/mol. The Kier molecular flexibility index (Phi) is 8.54. The van der Waals surface area contributed by atoms with E-state index < -0.39 is 0 Å². The monoisotopic (exact) mass is 942 g/mol. The van der Waals surface area contributed by atoms with E-state index >= 15 is 0 Å². The van der Waals surface area contributed by atoms with Crippen LogP contribution in [0.15, 0.2) is 206 Å². The molecule has 0 heteroatoms. The van der Waals surface area contributed by atoms with E-state index in [1.54, 1.807) is 22.3 Å². The third kappa shape index (κ3) is 5.64. The molecule has 2 spiro atoms. The Bertz CT molecular complexity index is 4170. The Balaban J connectivity index is 0.738. The van der Waals surface area contributed by atoms with Crippen LogP contribution in [0.25, 0.3) is 131 Å². The molecule has 0 atom stereocenters. The van der Waals surface area contributed by atoms with Crippen LogP contribution in [-0.2, 0) is 10.8 Å². The summed E-state index contributed by atoms with van der Waals surface area (Å²) < 4.78 is 0. The van der Waals surface area contributed by atoms with Gasteiger partial charge in [-0.1, -0.05) is 214 Å². The van der Waals surface area contributed by atoms with Crippen LogP contribution >= 0.6 is 0 Å². The van der Waals surface area contributed by atoms with Gasteiger partial charge in [-0.2, -0.15) is 0 Å². The lowest BCUT2D eigenvalue weighted by atomic mass is 9.67. The van der Waals surface area contributed by atoms with E-state index in [9.17, 15) is 0 Å². The average molecular weight is 943 g/mol. The van der Waals surface area contributed by atoms with Crippen molar-refractivity contribution in [3.05, 3.63) is 229 Å². The predicted molar refractivity (Wildman–Crippen MR) is 314 cm³/mol. The summed E-state index contributed by atoms with van der Waals surface area (Å²) in [6.45, 7) is 0. The molecule has 350 valence electrons. The van der Waals surface area contributed by atoms with Crippen LogP contribution < -0.4 is 0 Å². The molecule has 2 saturated carbocycles. The van der Waals surface area contributed by atoms with Gasteiger partial charge in [-0.05, 0) is 210 Å². The maximum atomic E-state index is 2.60. The molecular formula is C74H54. The van der Waals surface area contributed by atoms with Crippen LogP contribution in [0.4, 0.5) is 0 Å². The molecule has 0 unspecified atom stereocenters. The van der Waals surface area contributed by atoms with Crippen LogP contribution in [0.5, 0.6) is 0 Å². The maximum Gasteiger partial charge on any atom is 0.0215 e. The van der Waals surface area contributed by atoms with Gasteiger partial charge in [0, 0.05) is 10.8 Å². The first kappa shape index (κ1) is 41.4. The fourth-order valence-electron chi connectivity index (χ4n) is 15.9. The summed E-state index contributed by atoms with van der Waals surface area (Å²) >= 11 is 0. The van der Waals surface area contributed by atoms with Crippen molar-refractivity contribution in [1.29, 1.82) is 0 Å². The predicted octanol–water partition coefficient (Wildman–Crippen LogP) is 20.6. The molecule has 0 N–H and O–H groups in total. The van der Waals surface area contributed by atoms with E-state index in [1.165, 1.54) is 196 Å². The van der Waals surface area contributed by atoms with Gasteiger partial charge in [-0.3, -0.25) is 0 Å². The SMILES string of the molecule is c1cc(-c2ccc3c(c2)C2(CCCCC2)c2cc(-c4ccc5ccc6cccc7ccc4c5c67)ccc2-3)cc(-c2ccc3c(c2)C2(CCCCC2)c2cc(-c4ccc5ccc6cccc7ccc4c5c67)ccc2-3)c1. The number of rotatable bonds is 4. The van der Waals surface area contributed by atoms with Crippen LogP contribution in [0, 0.1) is 0 Å². The second kappa shape index (κ2) is 15.3. The van der Waals surface area contributed by atoms with Crippen LogP contribution in [-0.4, -0.2) is 0 Å². The molecule has 0 heterocycles. The van der Waals surface area contributed by atoms with Crippen molar-refractivity contribution in [3.63, 3.8) is 0 Å². The highest BCUT2D eigenvalue weighted by atomic mass is 14.5. The molecule has 74 heavy (non-hydrogen) atoms. The van der Waals surface area contributed by atoms with Crippen molar-refractivity contribution < 1.29 is 0 Å². The first-order valence-electron chi connectivity index (χ1n) is 27.6. The number of fused-ring (bicyclic) bond motifs is 10. The minimum absolute atomic E-state index is 0.0273. The second-order valence-electron chi connectivity index (χ2n) is 22.8. The smallest absolute Gasteiger partial charge is 0.0215 e. The number of hydrogen-bond donors (Lipinski definition) is 0. The van der Waals surface area contributed by atoms with Gasteiger partial charge in [0.05, 0.1) is 0 Å². The molecule has 0 nitrogen and oxygen atoms in total. The lowest BCUT2D eigenvalue weighted by Crippen LogP contribution is -2.28. The average Bonchev–Trinajstić information content (AvgIpc) is 3.87. The fourth-order valence-corrected chi connectivity index (χ4v) is 15.9. The molecule has 17 rings (SSSR count). The summed E-state index contributed by atoms with van der Waals surface area (Å²) in [6.07, 6.45) is 12.5. The Hall–Kier alpha value is -8.06. The van der Waals surface area contributed by atoms with Crippen molar-refractivity contribution in [2.45, 2.75) is 75.0 Å². The molecule has 13 aromatic carbocycles. The maximum absolute atomic E-state index is 2.60. The van der Waals surface area contributed by atoms with Gasteiger partial charge in [0.15, 0.2) is 0 Å². The van der Waals surface area contributed by atoms with Gasteiger partial charge in [-0.15, -0.1) is 0 Å². The molecule has 4 aliphatic rings. The van der Waals surface area contributed by atoms with Crippen LogP contribution in [0.2, 0.25) is 0 Å². The van der Waals surface area contributed by atoms with E-state index in [4.69, 9.17) is 0 Å². The lowest BCUT2D eigenvalue weighted by molar-refractivity contribution is 0.353. The van der Waals surface area contributed by atoms with Crippen molar-refractivity contribution in [2.75, 3.05) is 0 Å². The molecule has 0 bridgehead atoms. The Labute approximate surface area is 432 Å². The minimum atomic E-state index is 0.0273. The molecule has 4 aliphatic carbocycles. The summed E-state index contributed by atoms with van der Waals surface area (Å²) in [5.74, 6) is 0. The van der Waals surface area contributed by atoms with E-state index in [0.29, 0.717) is 0 Å². The molecule has 0 saturated heterocycles. The van der Waals surface area contributed by atoms with Gasteiger partial charge in [0.2, 0.25) is 0 Å². The van der Waals surface area contributed by atoms with Crippen molar-refractivity contribution in [2.24, 2.45) is 0 Å². The van der Waals surface area contributed by atoms with E-state index in [2.05, 4.69) is 206 Å². The van der Waals surface area contributed by atoms with Gasteiger partial charge in [0.25, 0.3) is 0 Å². The van der Waals surface area contributed by atoms with Crippen molar-refractivity contribution in [1.82, 2.24) is 0 Å². The largest absolute Gasteiger partial charge is 0.0610 e. The van der Waals surface area contributed by atoms with Gasteiger partial charge >= 0.3 is 0 Å². The zero-order chi connectivity index (χ0) is 48.3. The normalized spacial score (nSPS) is 16.3. The molecule has 2 fully saturated rings. The second-order valence-corrected chi connectivity index (χ2v) is 22.8. The summed E-state index contributed by atoms with van der Waals surface area (Å²) in [6, 6.07) is 80.9. The zero-order valence-corrected chi connectivity index (χ0v) is 41.7. The first-order valence-corrected chi connectivity index (χ1v) is 27.6. The third-order valence-corrected chi connectivity index (χ3v) is 19.3. The van der Waals surface area contributed by atoms with Gasteiger partial charge in [0.1, 0.15) is 0 Å². The third-order valence-electron chi connectivity index (χ3n) is 19.3. The minimum Gasteiger partial charge on any atom is -0.0610 e. The van der Waals surface area contributed by atoms with Crippen molar-refractivity contribution >= 4 is 64.6 Å². The molecule has 0 aromatic heterocycles. The van der Waals surface area contributed by atoms with E-state index in [0.717, 1.165) is 0 Å². The molecule has 13 aromatic rings. The van der Waals surface area contributed by atoms with E-state index in [1.807, 2.05) is 0 Å². The first-order chi connectivity index (χ1) is 36.6. The highest BCUT2D eigenvalue weighted by Gasteiger charge is 2.45. The fraction of sp³-hybridized carbons (Fsp3) is 0.162. The van der Waals surface area contributed by atoms with Gasteiger partial charge in [-0.25, -0.2) is 0 Å². The quantitative estimate of drug-likeness (QED) is 0.154. The summed E-state index contributed by atoms with van der Waals surface area (Å²) in [7, 11) is 0. The van der Waals surface area contributed by atoms with Crippen molar-refractivity contribution in [3.8, 4) is 66.8 Å². The van der Waals surface area contributed by atoms with E-state index in [-0.39, 0.29) is 10.8 Å². The zero-order valence-electron chi connectivity index (χ0n) is 41.7. The summed E-state index contributed by atoms with van der Waals surface area (Å²) in [5.41, 5.74) is 22.6. The topological polar surface area (TPSA) is 0 Å². The highest BCUT2D eigenvalue weighted by molar-refractivity contribution is 6.27. The number of benzene rings is 13. The Morgan fingerprint density at radius 1 is 0.216 bits per heavy atom. The van der Waals surface area contributed by atoms with Gasteiger partial charge < -0.3 is 0 Å². The molecule has 0 radical (unpaired) electrons. The van der Waals surface area contributed by atoms with Crippen LogP contribution in [0.3, 0.4) is 0 Å². The molecule has 0 aliphatic heterocycles. The summed E-state index contributed by atoms with van der Waals surface area (Å²) in [4.78, 5) is 0. The molecule has 0 amide bonds. The summed E-state index contributed by atoms with van der Waals surface area (Å²) in [5, 5.41) is 16.2. The van der Waals surface area contributed by atoms with Crippen LogP contribution in [0.1, 0.15) is 86.5 Å². The highest BCUT2D eigenvalue weighted by Crippen LogP contribution is 2.59. The standard InChI is InChI=1S/C74H54/c1-3-36-73(37-4-1)65-41-53(24-30-59(65)61-32-26-55(43-67(61)73)57-28-20-49-18-16-45-10-7-12-47-22-34-63(57)71(49)69(45)47)51-14-9-15-52(40-51)54-25-31-60-62-33-27-56(44-68(62)74(66(60)42-54)38-5-2-6-39-74)58-29-21-50-19-17-46-11-8-13-48-23-35-64(58)72(50)70(46)48/h7-35,40-44H,1-6,36-39H2. The Morgan fingerprint density at radius 3 is 0.919 bits per heavy atom. The number of hydrogen-bond acceptors (Lipinski definition) is 0. The Morgan fingerprint density at radius 2 is 0.514 bits per heavy atom.